The number of carbonyl (C=O) groups is 2. The molecule has 0 saturated carbocycles. The van der Waals surface area contributed by atoms with Crippen LogP contribution in [0.5, 0.6) is 5.75 Å². The van der Waals surface area contributed by atoms with Crippen LogP contribution in [0.4, 0.5) is 18.0 Å². The summed E-state index contributed by atoms with van der Waals surface area (Å²) in [6.07, 6.45) is -2.75. The molecular weight excluding hydrogens is 449 g/mol. The lowest BCUT2D eigenvalue weighted by molar-refractivity contribution is -0.159. The SMILES string of the molecule is COC(=O)c1cncc(COC(=O)NCc2ccc(-c3noc(C(F)(F)F)n3)cc2OC)c1. The summed E-state index contributed by atoms with van der Waals surface area (Å²) in [5, 5.41) is 5.85. The van der Waals surface area contributed by atoms with Gasteiger partial charge in [-0.3, -0.25) is 4.98 Å². The van der Waals surface area contributed by atoms with Crippen molar-refractivity contribution in [3.63, 3.8) is 0 Å². The number of nitrogens with one attached hydrogen (secondary N) is 1. The Balaban J connectivity index is 1.60. The first-order chi connectivity index (χ1) is 15.7. The minimum Gasteiger partial charge on any atom is -0.496 e. The zero-order chi connectivity index (χ0) is 24.0. The minimum atomic E-state index is -4.75. The van der Waals surface area contributed by atoms with Gasteiger partial charge in [0.05, 0.1) is 19.8 Å². The van der Waals surface area contributed by atoms with Crippen molar-refractivity contribution in [2.24, 2.45) is 0 Å². The van der Waals surface area contributed by atoms with Crippen LogP contribution < -0.4 is 10.1 Å². The van der Waals surface area contributed by atoms with E-state index in [1.165, 1.54) is 50.9 Å². The van der Waals surface area contributed by atoms with Crippen molar-refractivity contribution in [3.8, 4) is 17.1 Å². The summed E-state index contributed by atoms with van der Waals surface area (Å²) in [4.78, 5) is 30.8. The molecule has 0 saturated heterocycles. The lowest BCUT2D eigenvalue weighted by Gasteiger charge is -2.11. The van der Waals surface area contributed by atoms with Crippen molar-refractivity contribution in [2.45, 2.75) is 19.3 Å². The molecule has 3 aromatic rings. The molecule has 0 spiro atoms. The van der Waals surface area contributed by atoms with Gasteiger partial charge in [-0.25, -0.2) is 9.59 Å². The van der Waals surface area contributed by atoms with E-state index in [-0.39, 0.29) is 35.9 Å². The van der Waals surface area contributed by atoms with Crippen LogP contribution in [0.25, 0.3) is 11.4 Å². The number of halogens is 3. The number of benzene rings is 1. The quantitative estimate of drug-likeness (QED) is 0.522. The normalized spacial score (nSPS) is 11.1. The number of alkyl halides is 3. The van der Waals surface area contributed by atoms with E-state index in [1.807, 2.05) is 0 Å². The van der Waals surface area contributed by atoms with Crippen LogP contribution >= 0.6 is 0 Å². The zero-order valence-corrected chi connectivity index (χ0v) is 17.3. The van der Waals surface area contributed by atoms with E-state index >= 15 is 0 Å². The Morgan fingerprint density at radius 2 is 1.94 bits per heavy atom. The summed E-state index contributed by atoms with van der Waals surface area (Å²) >= 11 is 0. The molecule has 13 heteroatoms. The largest absolute Gasteiger partial charge is 0.496 e. The number of hydrogen-bond donors (Lipinski definition) is 1. The molecule has 0 aliphatic heterocycles. The smallest absolute Gasteiger partial charge is 0.471 e. The molecule has 2 heterocycles. The van der Waals surface area contributed by atoms with E-state index in [1.54, 1.807) is 0 Å². The highest BCUT2D eigenvalue weighted by atomic mass is 19.4. The number of methoxy groups -OCH3 is 2. The fourth-order valence-electron chi connectivity index (χ4n) is 2.65. The summed E-state index contributed by atoms with van der Waals surface area (Å²) in [5.74, 6) is -2.01. The Labute approximate surface area is 184 Å². The Bertz CT molecular complexity index is 1150. The number of rotatable bonds is 7. The lowest BCUT2D eigenvalue weighted by Crippen LogP contribution is -2.24. The summed E-state index contributed by atoms with van der Waals surface area (Å²) in [6.45, 7) is -0.137. The van der Waals surface area contributed by atoms with Gasteiger partial charge in [-0.2, -0.15) is 18.2 Å². The number of nitrogens with zero attached hydrogens (tertiary/aromatic N) is 3. The first kappa shape index (κ1) is 23.5. The van der Waals surface area contributed by atoms with Gasteiger partial charge in [0.15, 0.2) is 0 Å². The molecule has 0 radical (unpaired) electrons. The summed E-state index contributed by atoms with van der Waals surface area (Å²) in [6, 6.07) is 5.88. The third kappa shape index (κ3) is 5.96. The van der Waals surface area contributed by atoms with Crippen LogP contribution in [0.3, 0.4) is 0 Å². The Hall–Kier alpha value is -4.16. The number of ether oxygens (including phenoxy) is 3. The van der Waals surface area contributed by atoms with Gasteiger partial charge in [0, 0.05) is 35.6 Å². The van der Waals surface area contributed by atoms with Crippen molar-refractivity contribution < 1.29 is 41.5 Å². The Kier molecular flexibility index (Phi) is 7.10. The molecule has 0 fully saturated rings. The van der Waals surface area contributed by atoms with E-state index < -0.39 is 24.1 Å². The fraction of sp³-hybridized carbons (Fsp3) is 0.250. The van der Waals surface area contributed by atoms with Crippen LogP contribution in [-0.2, 0) is 28.8 Å². The molecule has 1 N–H and O–H groups in total. The maximum absolute atomic E-state index is 12.6. The van der Waals surface area contributed by atoms with Crippen molar-refractivity contribution >= 4 is 12.1 Å². The van der Waals surface area contributed by atoms with Crippen molar-refractivity contribution in [1.82, 2.24) is 20.4 Å². The highest BCUT2D eigenvalue weighted by molar-refractivity contribution is 5.89. The number of carbonyl (C=O) groups excluding carboxylic acids is 2. The predicted octanol–water partition coefficient (Wildman–Crippen LogP) is 3.37. The molecule has 3 rings (SSSR count). The highest BCUT2D eigenvalue weighted by Crippen LogP contribution is 2.31. The molecule has 10 nitrogen and oxygen atoms in total. The molecule has 2 aromatic heterocycles. The molecule has 1 amide bonds. The number of pyridine rings is 1. The Morgan fingerprint density at radius 3 is 2.61 bits per heavy atom. The van der Waals surface area contributed by atoms with Gasteiger partial charge in [-0.05, 0) is 12.1 Å². The standard InChI is InChI=1S/C20H17F3N4O6/c1-30-15-6-12(16-26-18(33-27-16)20(21,22)23)3-4-13(15)9-25-19(29)32-10-11-5-14(8-24-7-11)17(28)31-2/h3-8H,9-10H2,1-2H3,(H,25,29). The molecular formula is C20H17F3N4O6. The summed E-state index contributed by atoms with van der Waals surface area (Å²) in [5.41, 5.74) is 1.45. The number of amides is 1. The molecule has 0 atom stereocenters. The average Bonchev–Trinajstić information content (AvgIpc) is 3.32. The maximum Gasteiger partial charge on any atom is 0.471 e. The molecule has 0 aliphatic rings. The van der Waals surface area contributed by atoms with Gasteiger partial charge in [-0.15, -0.1) is 0 Å². The van der Waals surface area contributed by atoms with Gasteiger partial charge in [0.1, 0.15) is 12.4 Å². The summed E-state index contributed by atoms with van der Waals surface area (Å²) in [7, 11) is 2.60. The van der Waals surface area contributed by atoms with E-state index in [0.29, 0.717) is 11.1 Å². The highest BCUT2D eigenvalue weighted by Gasteiger charge is 2.38. The van der Waals surface area contributed by atoms with Crippen LogP contribution in [0.2, 0.25) is 0 Å². The average molecular weight is 466 g/mol. The predicted molar refractivity (Wildman–Crippen MR) is 104 cm³/mol. The van der Waals surface area contributed by atoms with Gasteiger partial charge in [-0.1, -0.05) is 17.3 Å². The van der Waals surface area contributed by atoms with E-state index in [4.69, 9.17) is 9.47 Å². The topological polar surface area (TPSA) is 126 Å². The second-order valence-corrected chi connectivity index (χ2v) is 6.45. The lowest BCUT2D eigenvalue weighted by atomic mass is 10.1. The molecule has 0 unspecified atom stereocenters. The third-order valence-corrected chi connectivity index (χ3v) is 4.22. The fourth-order valence-corrected chi connectivity index (χ4v) is 2.65. The van der Waals surface area contributed by atoms with Crippen LogP contribution in [0, 0.1) is 0 Å². The van der Waals surface area contributed by atoms with Crippen LogP contribution in [0.15, 0.2) is 41.2 Å². The summed E-state index contributed by atoms with van der Waals surface area (Å²) < 4.78 is 57.1. The maximum atomic E-state index is 12.6. The molecule has 174 valence electrons. The first-order valence-corrected chi connectivity index (χ1v) is 9.22. The molecule has 0 bridgehead atoms. The number of aromatic nitrogens is 3. The number of alkyl carbamates (subject to hydrolysis) is 1. The van der Waals surface area contributed by atoms with Gasteiger partial charge < -0.3 is 24.1 Å². The molecule has 0 aliphatic carbocycles. The second kappa shape index (κ2) is 9.97. The first-order valence-electron chi connectivity index (χ1n) is 9.22. The second-order valence-electron chi connectivity index (χ2n) is 6.45. The van der Waals surface area contributed by atoms with Crippen LogP contribution in [-0.4, -0.2) is 41.4 Å². The van der Waals surface area contributed by atoms with E-state index in [2.05, 4.69) is 29.7 Å². The van der Waals surface area contributed by atoms with Gasteiger partial charge >= 0.3 is 24.1 Å². The molecule has 1 aromatic carbocycles. The van der Waals surface area contributed by atoms with Gasteiger partial charge in [0.2, 0.25) is 5.82 Å². The van der Waals surface area contributed by atoms with Crippen LogP contribution in [0.1, 0.15) is 27.4 Å². The monoisotopic (exact) mass is 466 g/mol. The number of esters is 1. The van der Waals surface area contributed by atoms with Crippen molar-refractivity contribution in [3.05, 3.63) is 59.2 Å². The number of hydrogen-bond acceptors (Lipinski definition) is 9. The van der Waals surface area contributed by atoms with Crippen molar-refractivity contribution in [2.75, 3.05) is 14.2 Å². The minimum absolute atomic E-state index is 0.00276. The zero-order valence-electron chi connectivity index (χ0n) is 17.3. The van der Waals surface area contributed by atoms with E-state index in [9.17, 15) is 22.8 Å². The molecule has 33 heavy (non-hydrogen) atoms. The Morgan fingerprint density at radius 1 is 1.15 bits per heavy atom. The third-order valence-electron chi connectivity index (χ3n) is 4.22. The van der Waals surface area contributed by atoms with Crippen molar-refractivity contribution in [1.29, 1.82) is 0 Å². The van der Waals surface area contributed by atoms with Gasteiger partial charge in [0.25, 0.3) is 0 Å². The van der Waals surface area contributed by atoms with E-state index in [0.717, 1.165) is 0 Å².